The second-order valence-corrected chi connectivity index (χ2v) is 36.3. The first kappa shape index (κ1) is 81.0. The van der Waals surface area contributed by atoms with E-state index in [-0.39, 0.29) is 65.2 Å². The molecular weight excluding hydrogens is 1470 g/mol. The molecular formula is C90H119N13O13. The fourth-order valence-corrected chi connectivity index (χ4v) is 25.2. The van der Waals surface area contributed by atoms with Gasteiger partial charge in [0.15, 0.2) is 23.7 Å². The van der Waals surface area contributed by atoms with Gasteiger partial charge in [-0.05, 0) is 221 Å². The van der Waals surface area contributed by atoms with Gasteiger partial charge in [-0.25, -0.2) is 24.5 Å². The lowest BCUT2D eigenvalue weighted by Crippen LogP contribution is -2.58. The number of para-hydroxylation sites is 6. The summed E-state index contributed by atoms with van der Waals surface area (Å²) in [6, 6.07) is 27.4. The molecule has 4 N–H and O–H groups in total. The first-order valence-electron chi connectivity index (χ1n) is 44.3. The van der Waals surface area contributed by atoms with E-state index in [9.17, 15) is 49.0 Å². The van der Waals surface area contributed by atoms with E-state index >= 15 is 0 Å². The van der Waals surface area contributed by atoms with Gasteiger partial charge in [-0.2, -0.15) is 0 Å². The van der Waals surface area contributed by atoms with Crippen molar-refractivity contribution in [1.29, 1.82) is 0 Å². The number of benzene rings is 3. The van der Waals surface area contributed by atoms with Crippen molar-refractivity contribution in [2.45, 2.75) is 311 Å². The predicted molar refractivity (Wildman–Crippen MR) is 442 cm³/mol. The molecule has 6 aliphatic carbocycles. The SMILES string of the molecule is CCN(CC)C(=O)CO/N=C(\C(=O)O)c1nc2ccccc2n(C2C[C@H]3CCC[C@@H](C2)N3C2C[C@H]3CCC[C@@H](C2)C3)c1=O.CO/N=C(\C(=O)O)c1nc2ccccc2n(C2C[C@H]3CCC[C@@H](C2)N3C2C[C@H]3CCC[C@@H](C2)C3)c1=O.O=C(O)CC/C(=N\O)c1nc2ccccc2n(C2C[C@H]3CCC[C@@H](C2)N3C2C[C@H]3CCC[C@@H](C2)C3)c1=O. The number of aromatic nitrogens is 6. The average molecular weight is 1590 g/mol. The molecule has 0 spiro atoms. The van der Waals surface area contributed by atoms with E-state index in [1.54, 1.807) is 15.5 Å². The number of rotatable bonds is 20. The van der Waals surface area contributed by atoms with Gasteiger partial charge in [-0.1, -0.05) is 129 Å². The number of likely N-dealkylation sites (N-methyl/N-ethyl adjacent to an activating group) is 1. The summed E-state index contributed by atoms with van der Waals surface area (Å²) in [5.74, 6) is 1.26. The van der Waals surface area contributed by atoms with Gasteiger partial charge in [-0.15, -0.1) is 0 Å². The number of piperidine rings is 6. The Morgan fingerprint density at radius 3 is 1.03 bits per heavy atom. The summed E-state index contributed by atoms with van der Waals surface area (Å²) in [7, 11) is 1.28. The molecule has 6 saturated carbocycles. The fraction of sp³-hybridized carbons (Fsp3) is 0.656. The molecule has 622 valence electrons. The van der Waals surface area contributed by atoms with Crippen LogP contribution in [0.3, 0.4) is 0 Å². The molecule has 6 saturated heterocycles. The van der Waals surface area contributed by atoms with Crippen molar-refractivity contribution in [2.24, 2.45) is 51.0 Å². The largest absolute Gasteiger partial charge is 0.481 e. The minimum absolute atomic E-state index is 0.0105. The smallest absolute Gasteiger partial charge is 0.360 e. The zero-order valence-electron chi connectivity index (χ0n) is 68.0. The van der Waals surface area contributed by atoms with Gasteiger partial charge in [0.05, 0.1) is 39.5 Å². The minimum atomic E-state index is -1.42. The van der Waals surface area contributed by atoms with Gasteiger partial charge in [0, 0.05) is 92.0 Å². The summed E-state index contributed by atoms with van der Waals surface area (Å²) in [6.07, 6.45) is 40.7. The Balaban J connectivity index is 0.000000131. The number of hydrogen-bond donors (Lipinski definition) is 4. The van der Waals surface area contributed by atoms with Crippen LogP contribution in [0, 0.1) is 35.5 Å². The molecule has 0 radical (unpaired) electrons. The predicted octanol–water partition coefficient (Wildman–Crippen LogP) is 13.9. The van der Waals surface area contributed by atoms with Crippen LogP contribution in [-0.4, -0.2) is 191 Å². The maximum atomic E-state index is 14.2. The molecule has 12 aliphatic rings. The molecule has 116 heavy (non-hydrogen) atoms. The van der Waals surface area contributed by atoms with Gasteiger partial charge in [0.1, 0.15) is 12.8 Å². The standard InChI is InChI=1S/C33H45N5O5.C29H38N4O4.C28H36N4O4/c1-3-36(4-2)29(39)20-43-35-31(33(41)42)30-32(40)38(28-14-6-5-13-27(28)34-30)26-18-23-11-8-12-24(19-26)37(23)25-16-21-9-7-10-22(15-21)17-25;34-27(35)12-11-25(31-37)28-29(36)33(26-10-2-1-9-24(26)30-28)23-16-20-7-4-8-21(17-23)32(20)22-14-18-5-3-6-19(13-18)15-22;1-36-30-26(28(34)35)25-27(33)32(24-11-3-2-10-23(24)29-25)22-15-19-8-5-9-20(16-22)31(19)21-13-17-6-4-7-18(12-17)14-21/h5-6,13-14,21-26H,3-4,7-12,15-20H2,1-2H3,(H,41,42);1-2,9-10,18-23,37H,3-8,11-17H2,(H,34,35);2-3,10-11,17-22H,4-9,12-16H2,1H3,(H,34,35)/b35-31-;31-25+;30-26-/t21-,22+,23-,24+,25?,26?;18-,19+,20-,21+,22?,23?;17-,18+,19-,20+,21?,22?. The lowest BCUT2D eigenvalue weighted by molar-refractivity contribution is -0.137. The number of nitrogens with zero attached hydrogens (tertiary/aromatic N) is 13. The number of fused-ring (bicyclic) bond motifs is 15. The number of carbonyl (C=O) groups excluding carboxylic acids is 1. The van der Waals surface area contributed by atoms with Crippen LogP contribution in [0.5, 0.6) is 0 Å². The van der Waals surface area contributed by atoms with E-state index in [0.717, 1.165) is 97.9 Å². The monoisotopic (exact) mass is 1590 g/mol. The fourth-order valence-electron chi connectivity index (χ4n) is 25.2. The average Bonchev–Trinajstić information content (AvgIpc) is 0.753. The van der Waals surface area contributed by atoms with Gasteiger partial charge in [0.2, 0.25) is 11.4 Å². The zero-order valence-corrected chi connectivity index (χ0v) is 68.0. The second-order valence-electron chi connectivity index (χ2n) is 36.3. The van der Waals surface area contributed by atoms with Crippen molar-refractivity contribution in [1.82, 2.24) is 48.3 Å². The quantitative estimate of drug-likeness (QED) is 0.0313. The van der Waals surface area contributed by atoms with Gasteiger partial charge in [0.25, 0.3) is 22.6 Å². The third kappa shape index (κ3) is 16.9. The summed E-state index contributed by atoms with van der Waals surface area (Å²) in [6.45, 7) is 4.31. The Hall–Kier alpha value is -8.75. The molecule has 9 heterocycles. The minimum Gasteiger partial charge on any atom is -0.481 e. The second kappa shape index (κ2) is 35.8. The molecule has 6 aromatic rings. The Morgan fingerprint density at radius 1 is 0.405 bits per heavy atom. The van der Waals surface area contributed by atoms with E-state index in [2.05, 4.69) is 45.1 Å². The number of carboxylic acid groups (broad SMARTS) is 3. The van der Waals surface area contributed by atoms with Crippen molar-refractivity contribution in [3.63, 3.8) is 0 Å². The molecule has 18 rings (SSSR count). The Morgan fingerprint density at radius 2 is 0.716 bits per heavy atom. The van der Waals surface area contributed by atoms with Gasteiger partial charge >= 0.3 is 17.9 Å². The number of hydrogen-bond acceptors (Lipinski definition) is 19. The van der Waals surface area contributed by atoms with Crippen molar-refractivity contribution >= 4 is 74.1 Å². The van der Waals surface area contributed by atoms with Crippen LogP contribution >= 0.6 is 0 Å². The zero-order chi connectivity index (χ0) is 80.4. The number of oxime groups is 3. The molecule has 3 aromatic carbocycles. The van der Waals surface area contributed by atoms with Crippen LogP contribution in [-0.2, 0) is 28.9 Å². The maximum Gasteiger partial charge on any atom is 0.360 e. The molecule has 6 aliphatic heterocycles. The van der Waals surface area contributed by atoms with Gasteiger partial charge < -0.3 is 48.8 Å². The Labute approximate surface area is 678 Å². The number of carbonyl (C=O) groups is 4. The molecule has 26 nitrogen and oxygen atoms in total. The van der Waals surface area contributed by atoms with E-state index in [4.69, 9.17) is 14.8 Å². The maximum absolute atomic E-state index is 14.2. The third-order valence-corrected chi connectivity index (χ3v) is 29.5. The molecule has 18 atom stereocenters. The van der Waals surface area contributed by atoms with E-state index in [1.807, 2.05) is 89.7 Å². The lowest BCUT2D eigenvalue weighted by atomic mass is 9.68. The first-order chi connectivity index (χ1) is 56.4. The number of aliphatic carboxylic acids is 3. The third-order valence-electron chi connectivity index (χ3n) is 29.5. The summed E-state index contributed by atoms with van der Waals surface area (Å²) in [5, 5.41) is 49.3. The molecule has 26 heteroatoms. The van der Waals surface area contributed by atoms with Crippen LogP contribution in [0.25, 0.3) is 33.1 Å². The van der Waals surface area contributed by atoms with Crippen molar-refractivity contribution in [2.75, 3.05) is 26.8 Å². The van der Waals surface area contributed by atoms with Crippen molar-refractivity contribution in [3.05, 3.63) is 121 Å². The Kier molecular flexibility index (Phi) is 25.0. The van der Waals surface area contributed by atoms with E-state index in [1.165, 1.54) is 168 Å². The topological polar surface area (TPSA) is 322 Å². The molecule has 12 fully saturated rings. The summed E-state index contributed by atoms with van der Waals surface area (Å²) in [5.41, 5.74) is 1.60. The summed E-state index contributed by atoms with van der Waals surface area (Å²) in [4.78, 5) is 123. The molecule has 3 aromatic heterocycles. The first-order valence-corrected chi connectivity index (χ1v) is 44.3. The normalized spacial score (nSPS) is 31.4. The molecule has 12 bridgehead atoms. The lowest BCUT2D eigenvalue weighted by Gasteiger charge is -2.55. The van der Waals surface area contributed by atoms with Crippen LogP contribution < -0.4 is 16.7 Å². The van der Waals surface area contributed by atoms with Crippen molar-refractivity contribution in [3.8, 4) is 0 Å². The van der Waals surface area contributed by atoms with Crippen LogP contribution in [0.2, 0.25) is 0 Å². The van der Waals surface area contributed by atoms with Crippen LogP contribution in [0.1, 0.15) is 274 Å². The summed E-state index contributed by atoms with van der Waals surface area (Å²) < 4.78 is 5.50. The van der Waals surface area contributed by atoms with Gasteiger partial charge in [-0.3, -0.25) is 38.7 Å². The van der Waals surface area contributed by atoms with Crippen LogP contribution in [0.15, 0.2) is 103 Å². The number of amides is 1. The van der Waals surface area contributed by atoms with E-state index < -0.39 is 47.1 Å². The molecule has 1 amide bonds. The highest BCUT2D eigenvalue weighted by Gasteiger charge is 2.50. The highest BCUT2D eigenvalue weighted by atomic mass is 16.6. The highest BCUT2D eigenvalue weighted by molar-refractivity contribution is 6.42. The number of carboxylic acids is 3. The summed E-state index contributed by atoms with van der Waals surface area (Å²) >= 11 is 0. The Bertz CT molecular complexity index is 4800. The highest BCUT2D eigenvalue weighted by Crippen LogP contribution is 2.52. The van der Waals surface area contributed by atoms with Crippen LogP contribution in [0.4, 0.5) is 0 Å². The van der Waals surface area contributed by atoms with Crippen molar-refractivity contribution < 1.29 is 49.4 Å². The van der Waals surface area contributed by atoms with E-state index in [0.29, 0.717) is 89.5 Å². The molecule has 6 unspecified atom stereocenters.